The van der Waals surface area contributed by atoms with Gasteiger partial charge < -0.3 is 9.64 Å². The highest BCUT2D eigenvalue weighted by Crippen LogP contribution is 2.55. The summed E-state index contributed by atoms with van der Waals surface area (Å²) in [5, 5.41) is -0.103. The molecule has 0 aromatic carbocycles. The van der Waals surface area contributed by atoms with Gasteiger partial charge >= 0.3 is 0 Å². The lowest BCUT2D eigenvalue weighted by atomic mass is 10.2. The maximum absolute atomic E-state index is 13.2. The first-order valence-corrected chi connectivity index (χ1v) is 11.0. The quantitative estimate of drug-likeness (QED) is 0.742. The Bertz CT molecular complexity index is 760. The highest BCUT2D eigenvalue weighted by molar-refractivity contribution is 7.93. The van der Waals surface area contributed by atoms with Crippen LogP contribution >= 0.6 is 11.6 Å². The van der Waals surface area contributed by atoms with Crippen molar-refractivity contribution < 1.29 is 13.2 Å². The molecule has 0 radical (unpaired) electrons. The van der Waals surface area contributed by atoms with Crippen LogP contribution in [0.15, 0.2) is 6.07 Å². The monoisotopic (exact) mass is 385 g/mol. The van der Waals surface area contributed by atoms with E-state index in [2.05, 4.69) is 21.8 Å². The van der Waals surface area contributed by atoms with Crippen molar-refractivity contribution in [3.05, 3.63) is 17.0 Å². The van der Waals surface area contributed by atoms with Crippen molar-refractivity contribution in [3.8, 4) is 0 Å². The molecule has 3 fully saturated rings. The largest absolute Gasteiger partial charge is 0.377 e. The van der Waals surface area contributed by atoms with Crippen molar-refractivity contribution >= 4 is 27.3 Å². The van der Waals surface area contributed by atoms with E-state index in [1.165, 1.54) is 0 Å². The molecule has 6 nitrogen and oxygen atoms in total. The third-order valence-corrected chi connectivity index (χ3v) is 9.03. The van der Waals surface area contributed by atoms with Crippen molar-refractivity contribution in [2.75, 3.05) is 24.7 Å². The lowest BCUT2D eigenvalue weighted by Gasteiger charge is -2.34. The van der Waals surface area contributed by atoms with Gasteiger partial charge in [-0.3, -0.25) is 0 Å². The second kappa shape index (κ2) is 6.35. The molecule has 0 bridgehead atoms. The molecule has 1 atom stereocenters. The van der Waals surface area contributed by atoms with Crippen LogP contribution in [0.25, 0.3) is 0 Å². The maximum atomic E-state index is 13.2. The summed E-state index contributed by atoms with van der Waals surface area (Å²) in [7, 11) is -3.25. The first kappa shape index (κ1) is 17.5. The Hall–Kier alpha value is -0.920. The van der Waals surface area contributed by atoms with Crippen LogP contribution in [-0.2, 0) is 19.3 Å². The van der Waals surface area contributed by atoms with Crippen molar-refractivity contribution in [2.45, 2.75) is 61.5 Å². The summed E-state index contributed by atoms with van der Waals surface area (Å²) < 4.78 is 31.1. The zero-order valence-electron chi connectivity index (χ0n) is 14.4. The smallest absolute Gasteiger partial charge is 0.224 e. The molecule has 3 aliphatic rings. The normalized spacial score (nSPS) is 26.8. The Kier molecular flexibility index (Phi) is 4.45. The van der Waals surface area contributed by atoms with Gasteiger partial charge in [-0.05, 0) is 44.2 Å². The zero-order valence-corrected chi connectivity index (χ0v) is 16.0. The van der Waals surface area contributed by atoms with Crippen LogP contribution in [0.5, 0.6) is 0 Å². The molecule has 2 heterocycles. The molecule has 1 aromatic heterocycles. The van der Waals surface area contributed by atoms with Crippen molar-refractivity contribution in [1.82, 2.24) is 9.97 Å². The Morgan fingerprint density at radius 1 is 1.28 bits per heavy atom. The van der Waals surface area contributed by atoms with Gasteiger partial charge in [0.2, 0.25) is 5.28 Å². The molecule has 4 rings (SSSR count). The van der Waals surface area contributed by atoms with Crippen LogP contribution in [0, 0.1) is 0 Å². The number of hydrogen-bond donors (Lipinski definition) is 0. The number of sulfone groups is 1. The second-order valence-electron chi connectivity index (χ2n) is 7.44. The lowest BCUT2D eigenvalue weighted by molar-refractivity contribution is 0.0985. The summed E-state index contributed by atoms with van der Waals surface area (Å²) in [6.07, 6.45) is 4.82. The molecule has 2 aliphatic carbocycles. The molecular weight excluding hydrogens is 362 g/mol. The minimum absolute atomic E-state index is 0.124. The van der Waals surface area contributed by atoms with Gasteiger partial charge in [0.05, 0.1) is 30.2 Å². The summed E-state index contributed by atoms with van der Waals surface area (Å²) in [5.74, 6) is 0.707. The third-order valence-electron chi connectivity index (χ3n) is 5.80. The summed E-state index contributed by atoms with van der Waals surface area (Å²) in [6, 6.07) is 2.02. The highest BCUT2D eigenvalue weighted by Gasteiger charge is 2.59. The minimum Gasteiger partial charge on any atom is -0.377 e. The predicted octanol–water partition coefficient (Wildman–Crippen LogP) is 2.70. The van der Waals surface area contributed by atoms with E-state index in [0.717, 1.165) is 32.2 Å². The van der Waals surface area contributed by atoms with Gasteiger partial charge in [-0.1, -0.05) is 12.8 Å². The van der Waals surface area contributed by atoms with E-state index in [4.69, 9.17) is 16.3 Å². The first-order chi connectivity index (χ1) is 11.9. The van der Waals surface area contributed by atoms with Crippen molar-refractivity contribution in [2.24, 2.45) is 0 Å². The number of ether oxygens (including phenoxy) is 1. The van der Waals surface area contributed by atoms with Gasteiger partial charge in [0, 0.05) is 12.6 Å². The fourth-order valence-electron chi connectivity index (χ4n) is 4.17. The number of aromatic nitrogens is 2. The SMILES string of the molecule is C[C@H]1COCCN1c1cc(C2(S(=O)(=O)C3CCCC3)CC2)nc(Cl)n1. The Balaban J connectivity index is 1.71. The van der Waals surface area contributed by atoms with Gasteiger partial charge in [-0.2, -0.15) is 0 Å². The number of hydrogen-bond acceptors (Lipinski definition) is 6. The van der Waals surface area contributed by atoms with E-state index in [1.807, 2.05) is 6.07 Å². The maximum Gasteiger partial charge on any atom is 0.224 e. The lowest BCUT2D eigenvalue weighted by Crippen LogP contribution is -2.44. The average molecular weight is 386 g/mol. The standard InChI is InChI=1S/C17H24ClN3O3S/c1-12-11-24-9-8-21(12)15-10-14(19-16(18)20-15)17(6-7-17)25(22,23)13-4-2-3-5-13/h10,12-13H,2-9,11H2,1H3/t12-/m0/s1. The highest BCUT2D eigenvalue weighted by atomic mass is 35.5. The number of anilines is 1. The predicted molar refractivity (Wildman–Crippen MR) is 96.8 cm³/mol. The summed E-state index contributed by atoms with van der Waals surface area (Å²) in [6.45, 7) is 4.04. The van der Waals surface area contributed by atoms with Crippen LogP contribution < -0.4 is 4.90 Å². The fraction of sp³-hybridized carbons (Fsp3) is 0.765. The minimum atomic E-state index is -3.25. The van der Waals surface area contributed by atoms with Gasteiger partial charge in [0.15, 0.2) is 9.84 Å². The Labute approximate surface area is 153 Å². The number of halogens is 1. The van der Waals surface area contributed by atoms with Gasteiger partial charge in [-0.15, -0.1) is 0 Å². The molecule has 1 aromatic rings. The molecule has 1 saturated heterocycles. The average Bonchev–Trinajstić information content (AvgIpc) is 3.22. The van der Waals surface area contributed by atoms with Crippen LogP contribution in [0.3, 0.4) is 0 Å². The number of morpholine rings is 1. The topological polar surface area (TPSA) is 72.4 Å². The van der Waals surface area contributed by atoms with Gasteiger partial charge in [-0.25, -0.2) is 18.4 Å². The van der Waals surface area contributed by atoms with E-state index >= 15 is 0 Å². The molecular formula is C17H24ClN3O3S. The second-order valence-corrected chi connectivity index (χ2v) is 10.3. The molecule has 0 spiro atoms. The van der Waals surface area contributed by atoms with Crippen LogP contribution in [-0.4, -0.2) is 49.4 Å². The molecule has 138 valence electrons. The third kappa shape index (κ3) is 2.94. The van der Waals surface area contributed by atoms with E-state index < -0.39 is 14.6 Å². The van der Waals surface area contributed by atoms with E-state index in [1.54, 1.807) is 0 Å². The molecule has 25 heavy (non-hydrogen) atoms. The summed E-state index contributed by atoms with van der Waals surface area (Å²) >= 11 is 6.19. The van der Waals surface area contributed by atoms with Crippen LogP contribution in [0.4, 0.5) is 5.82 Å². The van der Waals surface area contributed by atoms with Crippen LogP contribution in [0.2, 0.25) is 5.28 Å². The zero-order chi connectivity index (χ0) is 17.7. The first-order valence-electron chi connectivity index (χ1n) is 9.07. The molecule has 0 N–H and O–H groups in total. The fourth-order valence-corrected chi connectivity index (χ4v) is 7.01. The van der Waals surface area contributed by atoms with Gasteiger partial charge in [0.1, 0.15) is 10.6 Å². The summed E-state index contributed by atoms with van der Waals surface area (Å²) in [5.41, 5.74) is 0.577. The molecule has 0 amide bonds. The van der Waals surface area contributed by atoms with E-state index in [-0.39, 0.29) is 16.6 Å². The van der Waals surface area contributed by atoms with Gasteiger partial charge in [0.25, 0.3) is 0 Å². The van der Waals surface area contributed by atoms with Crippen LogP contribution in [0.1, 0.15) is 51.1 Å². The molecule has 0 unspecified atom stereocenters. The van der Waals surface area contributed by atoms with E-state index in [9.17, 15) is 8.42 Å². The Morgan fingerprint density at radius 2 is 2.00 bits per heavy atom. The van der Waals surface area contributed by atoms with Crippen molar-refractivity contribution in [3.63, 3.8) is 0 Å². The molecule has 2 saturated carbocycles. The molecule has 8 heteroatoms. The number of rotatable bonds is 4. The summed E-state index contributed by atoms with van der Waals surface area (Å²) in [4.78, 5) is 10.8. The Morgan fingerprint density at radius 3 is 2.64 bits per heavy atom. The molecule has 1 aliphatic heterocycles. The number of nitrogens with zero attached hydrogens (tertiary/aromatic N) is 3. The van der Waals surface area contributed by atoms with Crippen molar-refractivity contribution in [1.29, 1.82) is 0 Å². The van der Waals surface area contributed by atoms with E-state index in [0.29, 0.717) is 37.6 Å².